The number of likely N-dealkylation sites (N-methyl/N-ethyl adjacent to an activating group) is 1. The highest BCUT2D eigenvalue weighted by molar-refractivity contribution is 7.90. The van der Waals surface area contributed by atoms with E-state index >= 15 is 4.39 Å². The molecular formula is C29H32FN3O5S. The normalized spacial score (nSPS) is 13.3. The first kappa shape index (κ1) is 28.3. The summed E-state index contributed by atoms with van der Waals surface area (Å²) in [6.07, 6.45) is 1.12. The molecule has 0 bridgehead atoms. The molecule has 4 rings (SSSR count). The number of fused-ring (bicyclic) bond motifs is 1. The van der Waals surface area contributed by atoms with E-state index in [1.54, 1.807) is 24.0 Å². The molecular weight excluding hydrogens is 521 g/mol. The monoisotopic (exact) mass is 553 g/mol. The molecule has 0 aromatic heterocycles. The third kappa shape index (κ3) is 6.29. The van der Waals surface area contributed by atoms with Gasteiger partial charge < -0.3 is 20.3 Å². The standard InChI is InChI=1S/C29H32FN3O5S/c1-4-23-24(10-12-26(27(23)30)39(3,36)37)29(35)33-15-16-38-25-11-9-21(17-22(25)18-33)19-5-7-20(8-6-19)28(34)32-14-13-31-2/h5-12,17,31H,4,13-16,18H2,1-3H3,(H,32,34). The number of rotatable bonds is 8. The average molecular weight is 554 g/mol. The second-order valence-electron chi connectivity index (χ2n) is 9.36. The van der Waals surface area contributed by atoms with Crippen molar-refractivity contribution in [2.24, 2.45) is 0 Å². The number of ether oxygens (including phenoxy) is 1. The highest BCUT2D eigenvalue weighted by Crippen LogP contribution is 2.31. The van der Waals surface area contributed by atoms with Gasteiger partial charge in [0.1, 0.15) is 23.1 Å². The van der Waals surface area contributed by atoms with Gasteiger partial charge in [-0.3, -0.25) is 9.59 Å². The molecule has 0 saturated carbocycles. The minimum Gasteiger partial charge on any atom is -0.491 e. The van der Waals surface area contributed by atoms with Crippen LogP contribution < -0.4 is 15.4 Å². The van der Waals surface area contributed by atoms with Crippen LogP contribution in [0.15, 0.2) is 59.5 Å². The van der Waals surface area contributed by atoms with E-state index in [-0.39, 0.29) is 42.5 Å². The first-order valence-corrected chi connectivity index (χ1v) is 14.6. The van der Waals surface area contributed by atoms with Crippen molar-refractivity contribution in [3.8, 4) is 16.9 Å². The van der Waals surface area contributed by atoms with Crippen molar-refractivity contribution < 1.29 is 27.1 Å². The summed E-state index contributed by atoms with van der Waals surface area (Å²) in [7, 11) is -1.95. The van der Waals surface area contributed by atoms with E-state index in [0.717, 1.165) is 29.0 Å². The number of hydrogen-bond donors (Lipinski definition) is 2. The Hall–Kier alpha value is -3.76. The van der Waals surface area contributed by atoms with Gasteiger partial charge in [0.25, 0.3) is 11.8 Å². The number of halogens is 1. The van der Waals surface area contributed by atoms with Gasteiger partial charge in [-0.2, -0.15) is 0 Å². The van der Waals surface area contributed by atoms with Crippen molar-refractivity contribution in [1.82, 2.24) is 15.5 Å². The fraction of sp³-hybridized carbons (Fsp3) is 0.310. The highest BCUT2D eigenvalue weighted by Gasteiger charge is 2.27. The van der Waals surface area contributed by atoms with Gasteiger partial charge >= 0.3 is 0 Å². The smallest absolute Gasteiger partial charge is 0.254 e. The van der Waals surface area contributed by atoms with Crippen molar-refractivity contribution in [3.63, 3.8) is 0 Å². The molecule has 39 heavy (non-hydrogen) atoms. The van der Waals surface area contributed by atoms with Gasteiger partial charge in [-0.1, -0.05) is 25.1 Å². The molecule has 206 valence electrons. The van der Waals surface area contributed by atoms with Crippen LogP contribution in [0.5, 0.6) is 5.75 Å². The summed E-state index contributed by atoms with van der Waals surface area (Å²) < 4.78 is 44.9. The fourth-order valence-corrected chi connectivity index (χ4v) is 5.33. The maximum absolute atomic E-state index is 15.1. The largest absolute Gasteiger partial charge is 0.491 e. The van der Waals surface area contributed by atoms with Crippen LogP contribution in [-0.4, -0.2) is 64.7 Å². The second-order valence-corrected chi connectivity index (χ2v) is 11.3. The minimum atomic E-state index is -3.77. The van der Waals surface area contributed by atoms with E-state index in [1.165, 1.54) is 6.07 Å². The van der Waals surface area contributed by atoms with Crippen molar-refractivity contribution in [2.75, 3.05) is 39.5 Å². The number of sulfone groups is 1. The number of amides is 2. The summed E-state index contributed by atoms with van der Waals surface area (Å²) in [5, 5.41) is 5.83. The van der Waals surface area contributed by atoms with Gasteiger partial charge in [0.2, 0.25) is 0 Å². The van der Waals surface area contributed by atoms with E-state index < -0.39 is 20.5 Å². The van der Waals surface area contributed by atoms with E-state index in [2.05, 4.69) is 10.6 Å². The predicted octanol–water partition coefficient (Wildman–Crippen LogP) is 3.44. The molecule has 0 spiro atoms. The van der Waals surface area contributed by atoms with Crippen LogP contribution >= 0.6 is 0 Å². The molecule has 0 saturated heterocycles. The van der Waals surface area contributed by atoms with Crippen LogP contribution in [-0.2, 0) is 22.8 Å². The third-order valence-corrected chi connectivity index (χ3v) is 7.77. The number of carbonyl (C=O) groups excluding carboxylic acids is 2. The lowest BCUT2D eigenvalue weighted by molar-refractivity contribution is 0.0731. The van der Waals surface area contributed by atoms with Crippen LogP contribution in [0.4, 0.5) is 4.39 Å². The van der Waals surface area contributed by atoms with E-state index in [4.69, 9.17) is 4.74 Å². The summed E-state index contributed by atoms with van der Waals surface area (Å²) in [6, 6.07) is 15.5. The lowest BCUT2D eigenvalue weighted by Gasteiger charge is -2.22. The molecule has 3 aromatic carbocycles. The number of carbonyl (C=O) groups is 2. The molecule has 3 aromatic rings. The van der Waals surface area contributed by atoms with Gasteiger partial charge in [0.15, 0.2) is 9.84 Å². The van der Waals surface area contributed by atoms with Crippen LogP contribution in [0.1, 0.15) is 38.8 Å². The zero-order valence-corrected chi connectivity index (χ0v) is 23.0. The molecule has 1 aliphatic rings. The Balaban J connectivity index is 1.58. The number of hydrogen-bond acceptors (Lipinski definition) is 6. The SMILES string of the molecule is CCc1c(C(=O)N2CCOc3ccc(-c4ccc(C(=O)NCCNC)cc4)cc3C2)ccc(S(C)(=O)=O)c1F. The van der Waals surface area contributed by atoms with Crippen molar-refractivity contribution in [3.05, 3.63) is 82.7 Å². The van der Waals surface area contributed by atoms with E-state index in [0.29, 0.717) is 30.9 Å². The van der Waals surface area contributed by atoms with Gasteiger partial charge in [-0.25, -0.2) is 12.8 Å². The van der Waals surface area contributed by atoms with Crippen LogP contribution in [0.2, 0.25) is 0 Å². The zero-order valence-electron chi connectivity index (χ0n) is 22.2. The summed E-state index contributed by atoms with van der Waals surface area (Å²) in [5.74, 6) is -0.752. The highest BCUT2D eigenvalue weighted by atomic mass is 32.2. The molecule has 10 heteroatoms. The predicted molar refractivity (Wildman–Crippen MR) is 147 cm³/mol. The Morgan fingerprint density at radius 3 is 2.41 bits per heavy atom. The Bertz CT molecular complexity index is 1490. The molecule has 1 aliphatic heterocycles. The Kier molecular flexibility index (Phi) is 8.66. The Morgan fingerprint density at radius 1 is 1.03 bits per heavy atom. The molecule has 2 N–H and O–H groups in total. The van der Waals surface area contributed by atoms with Crippen LogP contribution in [0.25, 0.3) is 11.1 Å². The maximum Gasteiger partial charge on any atom is 0.254 e. The molecule has 8 nitrogen and oxygen atoms in total. The first-order valence-electron chi connectivity index (χ1n) is 12.7. The summed E-state index contributed by atoms with van der Waals surface area (Å²) >= 11 is 0. The lowest BCUT2D eigenvalue weighted by atomic mass is 10.00. The molecule has 2 amide bonds. The third-order valence-electron chi connectivity index (χ3n) is 6.66. The number of benzene rings is 3. The molecule has 0 radical (unpaired) electrons. The van der Waals surface area contributed by atoms with Crippen molar-refractivity contribution in [2.45, 2.75) is 24.8 Å². The first-order chi connectivity index (χ1) is 18.6. The van der Waals surface area contributed by atoms with Gasteiger partial charge in [0, 0.05) is 48.1 Å². The number of nitrogens with one attached hydrogen (secondary N) is 2. The quantitative estimate of drug-likeness (QED) is 0.414. The fourth-order valence-electron chi connectivity index (χ4n) is 4.57. The summed E-state index contributed by atoms with van der Waals surface area (Å²) in [4.78, 5) is 27.0. The average Bonchev–Trinajstić information content (AvgIpc) is 3.14. The van der Waals surface area contributed by atoms with Crippen LogP contribution in [0, 0.1) is 5.82 Å². The Labute approximate surface area is 228 Å². The maximum atomic E-state index is 15.1. The second kappa shape index (κ2) is 12.0. The van der Waals surface area contributed by atoms with Crippen LogP contribution in [0.3, 0.4) is 0 Å². The van der Waals surface area contributed by atoms with Gasteiger partial charge in [-0.15, -0.1) is 0 Å². The van der Waals surface area contributed by atoms with Crippen molar-refractivity contribution in [1.29, 1.82) is 0 Å². The molecule has 0 atom stereocenters. The molecule has 0 aliphatic carbocycles. The summed E-state index contributed by atoms with van der Waals surface area (Å²) in [5.41, 5.74) is 3.37. The molecule has 0 fully saturated rings. The molecule has 1 heterocycles. The minimum absolute atomic E-state index is 0.0807. The zero-order chi connectivity index (χ0) is 28.2. The van der Waals surface area contributed by atoms with Crippen molar-refractivity contribution >= 4 is 21.7 Å². The topological polar surface area (TPSA) is 105 Å². The lowest BCUT2D eigenvalue weighted by Crippen LogP contribution is -2.33. The van der Waals surface area contributed by atoms with E-state index in [9.17, 15) is 18.0 Å². The van der Waals surface area contributed by atoms with Gasteiger partial charge in [-0.05, 0) is 61.0 Å². The van der Waals surface area contributed by atoms with E-state index in [1.807, 2.05) is 37.4 Å². The van der Waals surface area contributed by atoms with Gasteiger partial charge in [0.05, 0.1) is 6.54 Å². The Morgan fingerprint density at radius 2 is 1.74 bits per heavy atom. The molecule has 0 unspecified atom stereocenters. The number of nitrogens with zero attached hydrogens (tertiary/aromatic N) is 1. The summed E-state index contributed by atoms with van der Waals surface area (Å²) in [6.45, 7) is 3.70.